The van der Waals surface area contributed by atoms with Crippen molar-refractivity contribution >= 4 is 28.7 Å². The van der Waals surface area contributed by atoms with Crippen LogP contribution >= 0.6 is 11.8 Å². The fourth-order valence-corrected chi connectivity index (χ4v) is 2.70. The third-order valence-corrected chi connectivity index (χ3v) is 4.43. The quantitative estimate of drug-likeness (QED) is 0.769. The monoisotopic (exact) mass is 316 g/mol. The molecule has 116 valence electrons. The normalized spacial score (nSPS) is 13.5. The van der Waals surface area contributed by atoms with E-state index in [4.69, 9.17) is 5.26 Å². The lowest BCUT2D eigenvalue weighted by molar-refractivity contribution is -0.119. The lowest BCUT2D eigenvalue weighted by Crippen LogP contribution is -2.34. The summed E-state index contributed by atoms with van der Waals surface area (Å²) in [6.07, 6.45) is 0.938. The fraction of sp³-hybridized carbons (Fsp3) is 0.438. The van der Waals surface area contributed by atoms with E-state index in [1.54, 1.807) is 0 Å². The largest absolute Gasteiger partial charge is 0.345 e. The molecule has 0 aliphatic heterocycles. The minimum Gasteiger partial charge on any atom is -0.345 e. The van der Waals surface area contributed by atoms with Crippen LogP contribution in [0.5, 0.6) is 0 Å². The molecule has 6 heteroatoms. The van der Waals surface area contributed by atoms with Gasteiger partial charge in [0, 0.05) is 0 Å². The first-order valence-electron chi connectivity index (χ1n) is 7.34. The van der Waals surface area contributed by atoms with Gasteiger partial charge in [0.15, 0.2) is 0 Å². The molecule has 1 amide bonds. The molecule has 2 rings (SSSR count). The predicted octanol–water partition coefficient (Wildman–Crippen LogP) is 3.02. The molecular weight excluding hydrogens is 296 g/mol. The van der Waals surface area contributed by atoms with Crippen molar-refractivity contribution in [3.63, 3.8) is 0 Å². The van der Waals surface area contributed by atoms with E-state index < -0.39 is 0 Å². The molecule has 0 bridgehead atoms. The molecule has 22 heavy (non-hydrogen) atoms. The number of fused-ring (bicyclic) bond motifs is 1. The molecule has 2 atom stereocenters. The van der Waals surface area contributed by atoms with E-state index in [-0.39, 0.29) is 17.9 Å². The van der Waals surface area contributed by atoms with Crippen molar-refractivity contribution in [1.29, 1.82) is 5.26 Å². The minimum absolute atomic E-state index is 0.0639. The maximum atomic E-state index is 12.1. The summed E-state index contributed by atoms with van der Waals surface area (Å²) >= 11 is 1.32. The van der Waals surface area contributed by atoms with Crippen molar-refractivity contribution in [2.45, 2.75) is 26.3 Å². The van der Waals surface area contributed by atoms with E-state index in [1.165, 1.54) is 11.8 Å². The molecule has 1 aromatic carbocycles. The summed E-state index contributed by atoms with van der Waals surface area (Å²) in [5.41, 5.74) is 1.87. The van der Waals surface area contributed by atoms with Crippen molar-refractivity contribution in [2.75, 3.05) is 11.5 Å². The second kappa shape index (κ2) is 7.85. The number of nitrogens with zero attached hydrogens (tertiary/aromatic N) is 2. The first kappa shape index (κ1) is 16.4. The number of hydrogen-bond donors (Lipinski definition) is 2. The Morgan fingerprint density at radius 3 is 2.95 bits per heavy atom. The zero-order valence-corrected chi connectivity index (χ0v) is 13.6. The standard InChI is InChI=1S/C16H20N4OS/c1-3-11(2)15(20-14(21)10-22-9-8-17)16-18-12-6-4-5-7-13(12)19-16/h4-7,11,15H,3,9-10H2,1-2H3,(H,18,19)(H,20,21). The predicted molar refractivity (Wildman–Crippen MR) is 89.4 cm³/mol. The number of nitrogens with one attached hydrogen (secondary N) is 2. The highest BCUT2D eigenvalue weighted by Crippen LogP contribution is 2.24. The summed E-state index contributed by atoms with van der Waals surface area (Å²) in [4.78, 5) is 20.0. The van der Waals surface area contributed by atoms with Crippen molar-refractivity contribution in [3.8, 4) is 6.07 Å². The van der Waals surface area contributed by atoms with Crippen LogP contribution in [0.1, 0.15) is 32.1 Å². The van der Waals surface area contributed by atoms with Gasteiger partial charge in [-0.3, -0.25) is 4.79 Å². The Balaban J connectivity index is 2.15. The molecule has 1 aromatic heterocycles. The number of aromatic amines is 1. The van der Waals surface area contributed by atoms with Crippen LogP contribution in [0.15, 0.2) is 24.3 Å². The average Bonchev–Trinajstić information content (AvgIpc) is 2.95. The Morgan fingerprint density at radius 1 is 1.50 bits per heavy atom. The van der Waals surface area contributed by atoms with Gasteiger partial charge >= 0.3 is 0 Å². The molecule has 0 aliphatic carbocycles. The van der Waals surface area contributed by atoms with Crippen LogP contribution in [0.3, 0.4) is 0 Å². The van der Waals surface area contributed by atoms with E-state index in [1.807, 2.05) is 30.3 Å². The zero-order valence-electron chi connectivity index (χ0n) is 12.8. The molecule has 0 saturated carbocycles. The number of amides is 1. The number of thioether (sulfide) groups is 1. The van der Waals surface area contributed by atoms with E-state index >= 15 is 0 Å². The van der Waals surface area contributed by atoms with Gasteiger partial charge in [-0.15, -0.1) is 11.8 Å². The minimum atomic E-state index is -0.146. The highest BCUT2D eigenvalue weighted by atomic mass is 32.2. The van der Waals surface area contributed by atoms with Crippen LogP contribution in [0, 0.1) is 17.2 Å². The first-order chi connectivity index (χ1) is 10.7. The lowest BCUT2D eigenvalue weighted by atomic mass is 9.98. The van der Waals surface area contributed by atoms with Crippen LogP contribution in [0.4, 0.5) is 0 Å². The summed E-state index contributed by atoms with van der Waals surface area (Å²) < 4.78 is 0. The molecule has 0 saturated heterocycles. The molecule has 0 aliphatic rings. The summed E-state index contributed by atoms with van der Waals surface area (Å²) in [6, 6.07) is 9.71. The highest BCUT2D eigenvalue weighted by Gasteiger charge is 2.23. The van der Waals surface area contributed by atoms with Crippen molar-refractivity contribution in [1.82, 2.24) is 15.3 Å². The molecule has 1 heterocycles. The number of carbonyl (C=O) groups excluding carboxylic acids is 1. The Labute approximate surface area is 134 Å². The molecule has 0 radical (unpaired) electrons. The van der Waals surface area contributed by atoms with Gasteiger partial charge in [0.05, 0.1) is 34.7 Å². The van der Waals surface area contributed by atoms with Gasteiger partial charge in [-0.1, -0.05) is 32.4 Å². The van der Waals surface area contributed by atoms with Gasteiger partial charge in [0.1, 0.15) is 5.82 Å². The van der Waals surface area contributed by atoms with Gasteiger partial charge in [-0.25, -0.2) is 4.98 Å². The molecular formula is C16H20N4OS. The number of para-hydroxylation sites is 2. The Kier molecular flexibility index (Phi) is 5.84. The second-order valence-corrected chi connectivity index (χ2v) is 6.21. The SMILES string of the molecule is CCC(C)C(NC(=O)CSCC#N)c1nc2ccccc2[nH]1. The van der Waals surface area contributed by atoms with E-state index in [9.17, 15) is 4.79 Å². The number of aromatic nitrogens is 2. The molecule has 2 N–H and O–H groups in total. The molecule has 0 spiro atoms. The third kappa shape index (κ3) is 4.01. The fourth-order valence-electron chi connectivity index (χ4n) is 2.24. The second-order valence-electron chi connectivity index (χ2n) is 5.22. The summed E-state index contributed by atoms with van der Waals surface area (Å²) in [5, 5.41) is 11.6. The Morgan fingerprint density at radius 2 is 2.27 bits per heavy atom. The maximum Gasteiger partial charge on any atom is 0.230 e. The van der Waals surface area contributed by atoms with Crippen LogP contribution in [-0.4, -0.2) is 27.4 Å². The van der Waals surface area contributed by atoms with Crippen molar-refractivity contribution < 1.29 is 4.79 Å². The van der Waals surface area contributed by atoms with Crippen molar-refractivity contribution in [2.24, 2.45) is 5.92 Å². The smallest absolute Gasteiger partial charge is 0.230 e. The van der Waals surface area contributed by atoms with Gasteiger partial charge < -0.3 is 10.3 Å². The number of H-pyrrole nitrogens is 1. The molecule has 0 fully saturated rings. The number of benzene rings is 1. The van der Waals surface area contributed by atoms with Gasteiger partial charge in [0.25, 0.3) is 0 Å². The number of imidazole rings is 1. The van der Waals surface area contributed by atoms with Crippen LogP contribution < -0.4 is 5.32 Å². The first-order valence-corrected chi connectivity index (χ1v) is 8.49. The maximum absolute atomic E-state index is 12.1. The van der Waals surface area contributed by atoms with Crippen molar-refractivity contribution in [3.05, 3.63) is 30.1 Å². The third-order valence-electron chi connectivity index (χ3n) is 3.63. The summed E-state index contributed by atoms with van der Waals surface area (Å²) in [5.74, 6) is 1.61. The van der Waals surface area contributed by atoms with Crippen LogP contribution in [-0.2, 0) is 4.79 Å². The molecule has 2 aromatic rings. The Bertz CT molecular complexity index is 643. The van der Waals surface area contributed by atoms with Gasteiger partial charge in [0.2, 0.25) is 5.91 Å². The van der Waals surface area contributed by atoms with E-state index in [2.05, 4.69) is 29.1 Å². The highest BCUT2D eigenvalue weighted by molar-refractivity contribution is 8.00. The number of nitriles is 1. The van der Waals surface area contributed by atoms with Crippen LogP contribution in [0.25, 0.3) is 11.0 Å². The van der Waals surface area contributed by atoms with Gasteiger partial charge in [-0.2, -0.15) is 5.26 Å². The molecule has 2 unspecified atom stereocenters. The van der Waals surface area contributed by atoms with E-state index in [0.29, 0.717) is 11.5 Å². The topological polar surface area (TPSA) is 81.6 Å². The van der Waals surface area contributed by atoms with Gasteiger partial charge in [-0.05, 0) is 18.1 Å². The van der Waals surface area contributed by atoms with Crippen LogP contribution in [0.2, 0.25) is 0 Å². The average molecular weight is 316 g/mol. The number of rotatable bonds is 7. The number of carbonyl (C=O) groups is 1. The summed E-state index contributed by atoms with van der Waals surface area (Å²) in [6.45, 7) is 4.19. The zero-order chi connectivity index (χ0) is 15.9. The number of hydrogen-bond acceptors (Lipinski definition) is 4. The lowest BCUT2D eigenvalue weighted by Gasteiger charge is -2.22. The Hall–Kier alpha value is -2.00. The molecule has 5 nitrogen and oxygen atoms in total. The van der Waals surface area contributed by atoms with E-state index in [0.717, 1.165) is 23.3 Å². The summed E-state index contributed by atoms with van der Waals surface area (Å²) in [7, 11) is 0.